The standard InChI is InChI=1S/C11H21BrOSi/c1-11(2,3)14(4,5)13-10-8-6-7-9(10)12/h7,10H,6,8H2,1-5H3/t10-/m1/s1. The molecule has 0 aromatic rings. The molecule has 3 heteroatoms. The van der Waals surface area contributed by atoms with E-state index in [-0.39, 0.29) is 0 Å². The first-order valence-corrected chi connectivity index (χ1v) is 8.97. The van der Waals surface area contributed by atoms with Gasteiger partial charge in [0.1, 0.15) is 0 Å². The van der Waals surface area contributed by atoms with Crippen LogP contribution in [0.5, 0.6) is 0 Å². The molecule has 1 aliphatic rings. The minimum absolute atomic E-state index is 0.308. The van der Waals surface area contributed by atoms with Gasteiger partial charge in [-0.05, 0) is 31.0 Å². The van der Waals surface area contributed by atoms with Crippen molar-refractivity contribution in [3.05, 3.63) is 10.6 Å². The molecule has 0 heterocycles. The first-order chi connectivity index (χ1) is 6.24. The smallest absolute Gasteiger partial charge is 0.192 e. The second-order valence-corrected chi connectivity index (χ2v) is 11.2. The van der Waals surface area contributed by atoms with Crippen molar-refractivity contribution < 1.29 is 4.43 Å². The van der Waals surface area contributed by atoms with Crippen molar-refractivity contribution in [2.75, 3.05) is 0 Å². The Bertz CT molecular complexity index is 240. The predicted molar refractivity (Wildman–Crippen MR) is 68.3 cm³/mol. The molecule has 1 rings (SSSR count). The molecule has 0 aromatic carbocycles. The summed E-state index contributed by atoms with van der Waals surface area (Å²) < 4.78 is 7.55. The van der Waals surface area contributed by atoms with Gasteiger partial charge < -0.3 is 4.43 Å². The van der Waals surface area contributed by atoms with Crippen molar-refractivity contribution in [2.24, 2.45) is 0 Å². The molecule has 82 valence electrons. The minimum atomic E-state index is -1.58. The molecule has 0 aliphatic heterocycles. The van der Waals surface area contributed by atoms with Gasteiger partial charge in [0.15, 0.2) is 8.32 Å². The topological polar surface area (TPSA) is 9.23 Å². The molecule has 14 heavy (non-hydrogen) atoms. The number of allylic oxidation sites excluding steroid dienone is 1. The van der Waals surface area contributed by atoms with Crippen LogP contribution >= 0.6 is 15.9 Å². The Morgan fingerprint density at radius 2 is 2.00 bits per heavy atom. The molecular formula is C11H21BrOSi. The fourth-order valence-corrected chi connectivity index (χ4v) is 3.32. The molecule has 0 unspecified atom stereocenters. The van der Waals surface area contributed by atoms with Gasteiger partial charge in [-0.2, -0.15) is 0 Å². The van der Waals surface area contributed by atoms with Crippen LogP contribution in [0.2, 0.25) is 18.1 Å². The van der Waals surface area contributed by atoms with E-state index in [1.807, 2.05) is 0 Å². The average molecular weight is 277 g/mol. The van der Waals surface area contributed by atoms with Crippen molar-refractivity contribution in [1.82, 2.24) is 0 Å². The second-order valence-electron chi connectivity index (χ2n) is 5.53. The Morgan fingerprint density at radius 1 is 1.43 bits per heavy atom. The van der Waals surface area contributed by atoms with Gasteiger partial charge in [0.05, 0.1) is 6.10 Å². The summed E-state index contributed by atoms with van der Waals surface area (Å²) in [6, 6.07) is 0. The van der Waals surface area contributed by atoms with E-state index < -0.39 is 8.32 Å². The van der Waals surface area contributed by atoms with Gasteiger partial charge in [-0.1, -0.05) is 42.8 Å². The highest BCUT2D eigenvalue weighted by atomic mass is 79.9. The normalized spacial score (nSPS) is 23.9. The van der Waals surface area contributed by atoms with Crippen LogP contribution in [0.15, 0.2) is 10.6 Å². The van der Waals surface area contributed by atoms with Crippen molar-refractivity contribution in [3.8, 4) is 0 Å². The SMILES string of the molecule is CC(C)(C)[Si](C)(C)O[C@@H]1CCC=C1Br. The van der Waals surface area contributed by atoms with Crippen LogP contribution in [-0.2, 0) is 4.43 Å². The van der Waals surface area contributed by atoms with Crippen molar-refractivity contribution in [1.29, 1.82) is 0 Å². The Balaban J connectivity index is 2.64. The maximum atomic E-state index is 6.30. The van der Waals surface area contributed by atoms with Crippen LogP contribution in [0.25, 0.3) is 0 Å². The van der Waals surface area contributed by atoms with Gasteiger partial charge >= 0.3 is 0 Å². The maximum Gasteiger partial charge on any atom is 0.192 e. The third-order valence-corrected chi connectivity index (χ3v) is 8.64. The highest BCUT2D eigenvalue weighted by Gasteiger charge is 2.39. The number of rotatable bonds is 2. The Hall–Kier alpha value is 0.397. The number of hydrogen-bond donors (Lipinski definition) is 0. The highest BCUT2D eigenvalue weighted by Crippen LogP contribution is 2.40. The maximum absolute atomic E-state index is 6.30. The predicted octanol–water partition coefficient (Wildman–Crippen LogP) is 4.45. The van der Waals surface area contributed by atoms with E-state index in [0.29, 0.717) is 11.1 Å². The van der Waals surface area contributed by atoms with Gasteiger partial charge in [-0.25, -0.2) is 0 Å². The molecule has 0 amide bonds. The van der Waals surface area contributed by atoms with Gasteiger partial charge in [0, 0.05) is 4.48 Å². The quantitative estimate of drug-likeness (QED) is 0.678. The Morgan fingerprint density at radius 3 is 2.36 bits per heavy atom. The minimum Gasteiger partial charge on any atom is -0.409 e. The summed E-state index contributed by atoms with van der Waals surface area (Å²) in [5.74, 6) is 0. The molecular weight excluding hydrogens is 256 g/mol. The van der Waals surface area contributed by atoms with Gasteiger partial charge in [-0.15, -0.1) is 0 Å². The van der Waals surface area contributed by atoms with Gasteiger partial charge in [0.25, 0.3) is 0 Å². The Kier molecular flexibility index (Phi) is 3.65. The van der Waals surface area contributed by atoms with Crippen LogP contribution in [0.3, 0.4) is 0 Å². The first-order valence-electron chi connectivity index (χ1n) is 5.27. The van der Waals surface area contributed by atoms with E-state index in [2.05, 4.69) is 55.9 Å². The van der Waals surface area contributed by atoms with E-state index >= 15 is 0 Å². The number of hydrogen-bond acceptors (Lipinski definition) is 1. The highest BCUT2D eigenvalue weighted by molar-refractivity contribution is 9.11. The van der Waals surface area contributed by atoms with Crippen LogP contribution in [0.1, 0.15) is 33.6 Å². The first kappa shape index (κ1) is 12.5. The zero-order valence-corrected chi connectivity index (χ0v) is 12.4. The molecule has 0 spiro atoms. The monoisotopic (exact) mass is 276 g/mol. The van der Waals surface area contributed by atoms with Crippen LogP contribution in [0.4, 0.5) is 0 Å². The van der Waals surface area contributed by atoms with Crippen molar-refractivity contribution >= 4 is 24.2 Å². The second kappa shape index (κ2) is 4.10. The molecule has 1 aliphatic carbocycles. The van der Waals surface area contributed by atoms with E-state index in [4.69, 9.17) is 4.43 Å². The molecule has 0 radical (unpaired) electrons. The molecule has 1 atom stereocenters. The van der Waals surface area contributed by atoms with Crippen LogP contribution < -0.4 is 0 Å². The zero-order chi connectivity index (χ0) is 11.0. The van der Waals surface area contributed by atoms with Crippen LogP contribution in [-0.4, -0.2) is 14.4 Å². The molecule has 1 nitrogen and oxygen atoms in total. The molecule has 0 N–H and O–H groups in total. The lowest BCUT2D eigenvalue weighted by Crippen LogP contribution is -2.43. The molecule has 0 aromatic heterocycles. The molecule has 0 fully saturated rings. The van der Waals surface area contributed by atoms with Gasteiger partial charge in [-0.3, -0.25) is 0 Å². The van der Waals surface area contributed by atoms with Crippen LogP contribution in [0, 0.1) is 0 Å². The van der Waals surface area contributed by atoms with Crippen molar-refractivity contribution in [2.45, 2.75) is 57.8 Å². The summed E-state index contributed by atoms with van der Waals surface area (Å²) in [5.41, 5.74) is 0. The summed E-state index contributed by atoms with van der Waals surface area (Å²) in [4.78, 5) is 0. The average Bonchev–Trinajstić information content (AvgIpc) is 2.33. The lowest BCUT2D eigenvalue weighted by atomic mass is 10.2. The molecule has 0 bridgehead atoms. The lowest BCUT2D eigenvalue weighted by Gasteiger charge is -2.38. The third-order valence-electron chi connectivity index (χ3n) is 3.32. The van der Waals surface area contributed by atoms with Crippen molar-refractivity contribution in [3.63, 3.8) is 0 Å². The summed E-state index contributed by atoms with van der Waals surface area (Å²) >= 11 is 3.58. The van der Waals surface area contributed by atoms with E-state index in [0.717, 1.165) is 12.8 Å². The fourth-order valence-electron chi connectivity index (χ4n) is 1.29. The Labute approximate surface area is 97.2 Å². The molecule has 0 saturated carbocycles. The van der Waals surface area contributed by atoms with E-state index in [1.165, 1.54) is 4.48 Å². The summed E-state index contributed by atoms with van der Waals surface area (Å²) in [6.07, 6.45) is 4.86. The summed E-state index contributed by atoms with van der Waals surface area (Å²) in [7, 11) is -1.58. The largest absolute Gasteiger partial charge is 0.409 e. The summed E-state index contributed by atoms with van der Waals surface area (Å²) in [5, 5.41) is 0.308. The van der Waals surface area contributed by atoms with Gasteiger partial charge in [0.2, 0.25) is 0 Å². The third kappa shape index (κ3) is 2.71. The summed E-state index contributed by atoms with van der Waals surface area (Å²) in [6.45, 7) is 11.5. The van der Waals surface area contributed by atoms with E-state index in [1.54, 1.807) is 0 Å². The zero-order valence-electron chi connectivity index (χ0n) is 9.86. The number of halogens is 1. The fraction of sp³-hybridized carbons (Fsp3) is 0.818. The molecule has 0 saturated heterocycles. The lowest BCUT2D eigenvalue weighted by molar-refractivity contribution is 0.222. The van der Waals surface area contributed by atoms with E-state index in [9.17, 15) is 0 Å².